The van der Waals surface area contributed by atoms with Crippen LogP contribution in [0.3, 0.4) is 0 Å². The van der Waals surface area contributed by atoms with Crippen molar-refractivity contribution in [2.45, 2.75) is 26.3 Å². The molecule has 3 aromatic rings. The Hall–Kier alpha value is -2.47. The van der Waals surface area contributed by atoms with Crippen LogP contribution in [0.15, 0.2) is 59.1 Å². The number of nitrogens with one attached hydrogen (secondary N) is 2. The maximum absolute atomic E-state index is 13.3. The summed E-state index contributed by atoms with van der Waals surface area (Å²) in [7, 11) is 0. The normalized spacial score (nSPS) is 11.3. The van der Waals surface area contributed by atoms with Crippen LogP contribution in [0.1, 0.15) is 20.8 Å². The zero-order chi connectivity index (χ0) is 18.7. The lowest BCUT2D eigenvalue weighted by Crippen LogP contribution is -2.27. The maximum atomic E-state index is 13.3. The second-order valence-electron chi connectivity index (χ2n) is 6.95. The Balaban J connectivity index is 2.01. The first kappa shape index (κ1) is 18.3. The smallest absolute Gasteiger partial charge is 0.225 e. The van der Waals surface area contributed by atoms with Gasteiger partial charge in [-0.2, -0.15) is 4.98 Å². The zero-order valence-electron chi connectivity index (χ0n) is 14.8. The van der Waals surface area contributed by atoms with Crippen LogP contribution in [-0.2, 0) is 0 Å². The highest BCUT2D eigenvalue weighted by Gasteiger charge is 2.14. The van der Waals surface area contributed by atoms with Crippen LogP contribution in [0, 0.1) is 5.82 Å². The fraction of sp³-hybridized carbons (Fsp3) is 0.200. The first-order chi connectivity index (χ1) is 12.3. The van der Waals surface area contributed by atoms with Crippen LogP contribution in [0.5, 0.6) is 0 Å². The number of nitrogens with zero attached hydrogens (tertiary/aromatic N) is 2. The lowest BCUT2D eigenvalue weighted by molar-refractivity contribution is 0.626. The van der Waals surface area contributed by atoms with Gasteiger partial charge < -0.3 is 10.6 Å². The number of aromatic nitrogens is 2. The molecule has 2 aromatic carbocycles. The van der Waals surface area contributed by atoms with Crippen molar-refractivity contribution < 1.29 is 4.39 Å². The minimum Gasteiger partial charge on any atom is -0.350 e. The van der Waals surface area contributed by atoms with E-state index >= 15 is 0 Å². The summed E-state index contributed by atoms with van der Waals surface area (Å²) in [5.41, 5.74) is 2.34. The van der Waals surface area contributed by atoms with Crippen molar-refractivity contribution in [1.29, 1.82) is 0 Å². The van der Waals surface area contributed by atoms with E-state index in [2.05, 4.69) is 57.3 Å². The molecule has 0 aliphatic carbocycles. The number of benzene rings is 2. The molecular weight excluding hydrogens is 395 g/mol. The number of anilines is 3. The molecule has 0 spiro atoms. The molecule has 0 radical (unpaired) electrons. The first-order valence-electron chi connectivity index (χ1n) is 8.25. The van der Waals surface area contributed by atoms with Gasteiger partial charge in [-0.1, -0.05) is 30.3 Å². The number of rotatable bonds is 4. The second kappa shape index (κ2) is 7.41. The van der Waals surface area contributed by atoms with Gasteiger partial charge >= 0.3 is 0 Å². The Morgan fingerprint density at radius 2 is 1.69 bits per heavy atom. The fourth-order valence-corrected chi connectivity index (χ4v) is 2.84. The van der Waals surface area contributed by atoms with Gasteiger partial charge in [-0.05, 0) is 54.9 Å². The molecule has 0 amide bonds. The molecule has 0 saturated heterocycles. The quantitative estimate of drug-likeness (QED) is 0.549. The topological polar surface area (TPSA) is 49.8 Å². The van der Waals surface area contributed by atoms with Crippen molar-refractivity contribution in [3.63, 3.8) is 0 Å². The van der Waals surface area contributed by atoms with E-state index in [4.69, 9.17) is 0 Å². The van der Waals surface area contributed by atoms with Crippen molar-refractivity contribution in [2.24, 2.45) is 0 Å². The molecule has 0 bridgehead atoms. The summed E-state index contributed by atoms with van der Waals surface area (Å²) in [6, 6.07) is 16.3. The highest BCUT2D eigenvalue weighted by atomic mass is 79.9. The van der Waals surface area contributed by atoms with Crippen molar-refractivity contribution in [3.05, 3.63) is 64.9 Å². The van der Waals surface area contributed by atoms with Crippen LogP contribution < -0.4 is 10.6 Å². The monoisotopic (exact) mass is 414 g/mol. The van der Waals surface area contributed by atoms with Gasteiger partial charge in [-0.3, -0.25) is 0 Å². The van der Waals surface area contributed by atoms with Gasteiger partial charge in [-0.25, -0.2) is 9.37 Å². The average molecular weight is 415 g/mol. The van der Waals surface area contributed by atoms with E-state index in [0.29, 0.717) is 16.2 Å². The Labute approximate surface area is 161 Å². The van der Waals surface area contributed by atoms with E-state index < -0.39 is 0 Å². The van der Waals surface area contributed by atoms with E-state index in [0.717, 1.165) is 16.9 Å². The van der Waals surface area contributed by atoms with Crippen LogP contribution in [0.2, 0.25) is 0 Å². The average Bonchev–Trinajstić information content (AvgIpc) is 2.56. The molecule has 1 aromatic heterocycles. The Morgan fingerprint density at radius 3 is 2.35 bits per heavy atom. The van der Waals surface area contributed by atoms with Gasteiger partial charge in [0.15, 0.2) is 0 Å². The molecule has 6 heteroatoms. The maximum Gasteiger partial charge on any atom is 0.225 e. The minimum absolute atomic E-state index is 0.178. The Morgan fingerprint density at radius 1 is 0.962 bits per heavy atom. The van der Waals surface area contributed by atoms with E-state index in [1.807, 2.05) is 36.4 Å². The lowest BCUT2D eigenvalue weighted by Gasteiger charge is -2.21. The predicted octanol–water partition coefficient (Wildman–Crippen LogP) is 6.00. The summed E-state index contributed by atoms with van der Waals surface area (Å²) < 4.78 is 14.0. The predicted molar refractivity (Wildman–Crippen MR) is 108 cm³/mol. The highest BCUT2D eigenvalue weighted by molar-refractivity contribution is 9.10. The minimum atomic E-state index is -0.301. The zero-order valence-corrected chi connectivity index (χ0v) is 16.4. The van der Waals surface area contributed by atoms with Crippen LogP contribution >= 0.6 is 15.9 Å². The molecule has 0 unspecified atom stereocenters. The number of hydrogen-bond acceptors (Lipinski definition) is 4. The second-order valence-corrected chi connectivity index (χ2v) is 7.81. The summed E-state index contributed by atoms with van der Waals surface area (Å²) in [6.07, 6.45) is 0. The van der Waals surface area contributed by atoms with Crippen molar-refractivity contribution in [1.82, 2.24) is 9.97 Å². The molecular formula is C20H20BrFN4. The fourth-order valence-electron chi connectivity index (χ4n) is 2.39. The molecule has 0 fully saturated rings. The van der Waals surface area contributed by atoms with Gasteiger partial charge in [0.1, 0.15) is 11.6 Å². The molecule has 0 aliphatic heterocycles. The molecule has 4 nitrogen and oxygen atoms in total. The van der Waals surface area contributed by atoms with E-state index in [9.17, 15) is 4.39 Å². The molecule has 26 heavy (non-hydrogen) atoms. The van der Waals surface area contributed by atoms with Crippen LogP contribution in [-0.4, -0.2) is 15.5 Å². The molecule has 0 aliphatic rings. The third kappa shape index (κ3) is 4.79. The third-order valence-corrected chi connectivity index (χ3v) is 4.13. The van der Waals surface area contributed by atoms with Crippen molar-refractivity contribution in [3.8, 4) is 11.3 Å². The van der Waals surface area contributed by atoms with Gasteiger partial charge in [-0.15, -0.1) is 0 Å². The highest BCUT2D eigenvalue weighted by Crippen LogP contribution is 2.28. The van der Waals surface area contributed by atoms with Gasteiger partial charge in [0.25, 0.3) is 0 Å². The van der Waals surface area contributed by atoms with E-state index in [1.54, 1.807) is 6.07 Å². The van der Waals surface area contributed by atoms with Crippen LogP contribution in [0.25, 0.3) is 11.3 Å². The Kier molecular flexibility index (Phi) is 5.23. The molecule has 3 rings (SSSR count). The number of hydrogen-bond donors (Lipinski definition) is 2. The van der Waals surface area contributed by atoms with Gasteiger partial charge in [0.05, 0.1) is 11.4 Å². The summed E-state index contributed by atoms with van der Waals surface area (Å²) in [6.45, 7) is 6.15. The summed E-state index contributed by atoms with van der Waals surface area (Å²) in [5.74, 6) is 0.850. The molecule has 1 heterocycles. The largest absolute Gasteiger partial charge is 0.350 e. The summed E-state index contributed by atoms with van der Waals surface area (Å²) >= 11 is 3.37. The SMILES string of the molecule is CC(C)(C)Nc1nc(Nc2ccc(F)cc2Br)cc(-c2ccccc2)n1. The first-order valence-corrected chi connectivity index (χ1v) is 9.04. The molecule has 134 valence electrons. The van der Waals surface area contributed by atoms with E-state index in [1.165, 1.54) is 12.1 Å². The molecule has 0 saturated carbocycles. The third-order valence-electron chi connectivity index (χ3n) is 3.48. The van der Waals surface area contributed by atoms with Gasteiger partial charge in [0.2, 0.25) is 5.95 Å². The molecule has 2 N–H and O–H groups in total. The van der Waals surface area contributed by atoms with Gasteiger partial charge in [0, 0.05) is 21.6 Å². The summed E-state index contributed by atoms with van der Waals surface area (Å²) in [5, 5.41) is 6.54. The summed E-state index contributed by atoms with van der Waals surface area (Å²) in [4.78, 5) is 9.19. The Bertz CT molecular complexity index is 907. The lowest BCUT2D eigenvalue weighted by atomic mass is 10.1. The van der Waals surface area contributed by atoms with E-state index in [-0.39, 0.29) is 11.4 Å². The van der Waals surface area contributed by atoms with Crippen LogP contribution in [0.4, 0.5) is 21.8 Å². The number of halogens is 2. The van der Waals surface area contributed by atoms with Crippen molar-refractivity contribution >= 4 is 33.4 Å². The standard InChI is InChI=1S/C20H20BrFN4/c1-20(2,3)26-19-24-17(13-7-5-4-6-8-13)12-18(25-19)23-16-10-9-14(22)11-15(16)21/h4-12H,1-3H3,(H2,23,24,25,26). The molecule has 0 atom stereocenters. The van der Waals surface area contributed by atoms with Crippen molar-refractivity contribution in [2.75, 3.05) is 10.6 Å².